The van der Waals surface area contributed by atoms with Gasteiger partial charge in [-0.1, -0.05) is 44.2 Å². The molecule has 0 amide bonds. The van der Waals surface area contributed by atoms with Crippen molar-refractivity contribution in [1.29, 1.82) is 0 Å². The maximum atomic E-state index is 5.79. The molecule has 1 aromatic carbocycles. The van der Waals surface area contributed by atoms with E-state index in [2.05, 4.69) is 26.0 Å². The summed E-state index contributed by atoms with van der Waals surface area (Å²) in [6, 6.07) is 10.3. The van der Waals surface area contributed by atoms with Crippen LogP contribution in [0.3, 0.4) is 0 Å². The van der Waals surface area contributed by atoms with Crippen molar-refractivity contribution < 1.29 is 14.2 Å². The Morgan fingerprint density at radius 3 is 2.47 bits per heavy atom. The van der Waals surface area contributed by atoms with Gasteiger partial charge in [0, 0.05) is 13.0 Å². The summed E-state index contributed by atoms with van der Waals surface area (Å²) in [7, 11) is 0. The highest BCUT2D eigenvalue weighted by Crippen LogP contribution is 2.21. The summed E-state index contributed by atoms with van der Waals surface area (Å²) in [6.07, 6.45) is 0.946. The fourth-order valence-corrected chi connectivity index (χ4v) is 2.18. The molecular weight excluding hydrogens is 240 g/mol. The molecule has 2 atom stereocenters. The van der Waals surface area contributed by atoms with Gasteiger partial charge in [0.1, 0.15) is 0 Å². The molecule has 1 saturated heterocycles. The SMILES string of the molecule is C[C@H](COCc1ccccc1)[C@@H](C)CC1OCCO1. The van der Waals surface area contributed by atoms with Gasteiger partial charge in [-0.2, -0.15) is 0 Å². The number of benzene rings is 1. The molecule has 1 fully saturated rings. The first-order valence-corrected chi connectivity index (χ1v) is 7.10. The van der Waals surface area contributed by atoms with Crippen LogP contribution in [0.25, 0.3) is 0 Å². The van der Waals surface area contributed by atoms with Gasteiger partial charge in [-0.15, -0.1) is 0 Å². The van der Waals surface area contributed by atoms with E-state index in [1.165, 1.54) is 5.56 Å². The molecule has 0 aliphatic carbocycles. The highest BCUT2D eigenvalue weighted by molar-refractivity contribution is 5.13. The van der Waals surface area contributed by atoms with Crippen LogP contribution < -0.4 is 0 Å². The molecule has 0 aromatic heterocycles. The number of ether oxygens (including phenoxy) is 3. The Kier molecular flexibility index (Phi) is 5.83. The van der Waals surface area contributed by atoms with Crippen LogP contribution in [0.1, 0.15) is 25.8 Å². The first-order valence-electron chi connectivity index (χ1n) is 7.10. The molecule has 0 unspecified atom stereocenters. The van der Waals surface area contributed by atoms with Crippen molar-refractivity contribution in [1.82, 2.24) is 0 Å². The Hall–Kier alpha value is -0.900. The van der Waals surface area contributed by atoms with Gasteiger partial charge in [0.05, 0.1) is 19.8 Å². The molecular formula is C16H24O3. The zero-order valence-electron chi connectivity index (χ0n) is 11.9. The standard InChI is InChI=1S/C16H24O3/c1-13(10-16-18-8-9-19-16)14(2)11-17-12-15-6-4-3-5-7-15/h3-7,13-14,16H,8-12H2,1-2H3/t13-,14+/m0/s1. The predicted octanol–water partition coefficient (Wildman–Crippen LogP) is 3.24. The van der Waals surface area contributed by atoms with Crippen molar-refractivity contribution in [3.05, 3.63) is 35.9 Å². The van der Waals surface area contributed by atoms with Gasteiger partial charge in [0.25, 0.3) is 0 Å². The maximum absolute atomic E-state index is 5.79. The highest BCUT2D eigenvalue weighted by atomic mass is 16.7. The average Bonchev–Trinajstić information content (AvgIpc) is 2.92. The summed E-state index contributed by atoms with van der Waals surface area (Å²) < 4.78 is 16.8. The van der Waals surface area contributed by atoms with Gasteiger partial charge in [-0.3, -0.25) is 0 Å². The molecule has 0 bridgehead atoms. The minimum absolute atomic E-state index is 0.00780. The molecule has 0 radical (unpaired) electrons. The minimum atomic E-state index is -0.00780. The zero-order chi connectivity index (χ0) is 13.5. The number of rotatable bonds is 7. The molecule has 1 aliphatic rings. The molecule has 106 valence electrons. The molecule has 19 heavy (non-hydrogen) atoms. The average molecular weight is 264 g/mol. The van der Waals surface area contributed by atoms with E-state index in [1.54, 1.807) is 0 Å². The van der Waals surface area contributed by atoms with Gasteiger partial charge in [-0.25, -0.2) is 0 Å². The van der Waals surface area contributed by atoms with E-state index >= 15 is 0 Å². The molecule has 0 spiro atoms. The van der Waals surface area contributed by atoms with Gasteiger partial charge < -0.3 is 14.2 Å². The van der Waals surface area contributed by atoms with Crippen LogP contribution in [0.5, 0.6) is 0 Å². The highest BCUT2D eigenvalue weighted by Gasteiger charge is 2.22. The Labute approximate surface area is 115 Å². The summed E-state index contributed by atoms with van der Waals surface area (Å²) in [5.74, 6) is 1.05. The van der Waals surface area contributed by atoms with Crippen LogP contribution in [0.15, 0.2) is 30.3 Å². The van der Waals surface area contributed by atoms with E-state index in [4.69, 9.17) is 14.2 Å². The minimum Gasteiger partial charge on any atom is -0.376 e. The lowest BCUT2D eigenvalue weighted by atomic mass is 9.93. The van der Waals surface area contributed by atoms with E-state index in [0.29, 0.717) is 18.4 Å². The van der Waals surface area contributed by atoms with Crippen molar-refractivity contribution in [2.75, 3.05) is 19.8 Å². The van der Waals surface area contributed by atoms with Gasteiger partial charge in [-0.05, 0) is 17.4 Å². The van der Waals surface area contributed by atoms with Gasteiger partial charge >= 0.3 is 0 Å². The quantitative estimate of drug-likeness (QED) is 0.756. The van der Waals surface area contributed by atoms with Crippen LogP contribution in [-0.2, 0) is 20.8 Å². The molecule has 0 saturated carbocycles. The smallest absolute Gasteiger partial charge is 0.158 e. The van der Waals surface area contributed by atoms with E-state index in [0.717, 1.165) is 26.2 Å². The summed E-state index contributed by atoms with van der Waals surface area (Å²) in [6.45, 7) is 7.40. The molecule has 1 heterocycles. The van der Waals surface area contributed by atoms with Crippen molar-refractivity contribution in [2.45, 2.75) is 33.2 Å². The number of hydrogen-bond donors (Lipinski definition) is 0. The fraction of sp³-hybridized carbons (Fsp3) is 0.625. The van der Waals surface area contributed by atoms with Gasteiger partial charge in [0.2, 0.25) is 0 Å². The normalized spacial score (nSPS) is 19.5. The second kappa shape index (κ2) is 7.63. The Balaban J connectivity index is 1.64. The second-order valence-electron chi connectivity index (χ2n) is 5.36. The molecule has 3 heteroatoms. The van der Waals surface area contributed by atoms with Gasteiger partial charge in [0.15, 0.2) is 6.29 Å². The van der Waals surface area contributed by atoms with Crippen LogP contribution in [0.4, 0.5) is 0 Å². The third-order valence-corrected chi connectivity index (χ3v) is 3.72. The first-order chi connectivity index (χ1) is 9.25. The lowest BCUT2D eigenvalue weighted by molar-refractivity contribution is -0.0632. The molecule has 3 nitrogen and oxygen atoms in total. The van der Waals surface area contributed by atoms with E-state index in [9.17, 15) is 0 Å². The first kappa shape index (κ1) is 14.5. The third-order valence-electron chi connectivity index (χ3n) is 3.72. The van der Waals surface area contributed by atoms with E-state index in [1.807, 2.05) is 18.2 Å². The molecule has 0 N–H and O–H groups in total. The zero-order valence-corrected chi connectivity index (χ0v) is 11.9. The predicted molar refractivity (Wildman–Crippen MR) is 74.7 cm³/mol. The Morgan fingerprint density at radius 2 is 1.79 bits per heavy atom. The third kappa shape index (κ3) is 4.94. The summed E-state index contributed by atoms with van der Waals surface area (Å²) in [4.78, 5) is 0. The topological polar surface area (TPSA) is 27.7 Å². The van der Waals surface area contributed by atoms with Crippen LogP contribution in [-0.4, -0.2) is 26.1 Å². The second-order valence-corrected chi connectivity index (χ2v) is 5.36. The van der Waals surface area contributed by atoms with Crippen LogP contribution in [0.2, 0.25) is 0 Å². The molecule has 1 aromatic rings. The molecule has 2 rings (SSSR count). The monoisotopic (exact) mass is 264 g/mol. The van der Waals surface area contributed by atoms with Crippen molar-refractivity contribution in [3.63, 3.8) is 0 Å². The van der Waals surface area contributed by atoms with Crippen LogP contribution >= 0.6 is 0 Å². The molecule has 1 aliphatic heterocycles. The van der Waals surface area contributed by atoms with Crippen molar-refractivity contribution in [3.8, 4) is 0 Å². The van der Waals surface area contributed by atoms with E-state index in [-0.39, 0.29) is 6.29 Å². The fourth-order valence-electron chi connectivity index (χ4n) is 2.18. The lowest BCUT2D eigenvalue weighted by Crippen LogP contribution is -2.21. The maximum Gasteiger partial charge on any atom is 0.158 e. The largest absolute Gasteiger partial charge is 0.376 e. The van der Waals surface area contributed by atoms with E-state index < -0.39 is 0 Å². The van der Waals surface area contributed by atoms with Crippen molar-refractivity contribution in [2.24, 2.45) is 11.8 Å². The summed E-state index contributed by atoms with van der Waals surface area (Å²) in [5, 5.41) is 0. The Morgan fingerprint density at radius 1 is 1.11 bits per heavy atom. The van der Waals surface area contributed by atoms with Crippen LogP contribution in [0, 0.1) is 11.8 Å². The summed E-state index contributed by atoms with van der Waals surface area (Å²) >= 11 is 0. The summed E-state index contributed by atoms with van der Waals surface area (Å²) in [5.41, 5.74) is 1.23. The van der Waals surface area contributed by atoms with Crippen molar-refractivity contribution >= 4 is 0 Å². The Bertz CT molecular complexity index is 346. The lowest BCUT2D eigenvalue weighted by Gasteiger charge is -2.22. The number of hydrogen-bond acceptors (Lipinski definition) is 3.